The van der Waals surface area contributed by atoms with Gasteiger partial charge in [0.1, 0.15) is 0 Å². The summed E-state index contributed by atoms with van der Waals surface area (Å²) in [6, 6.07) is 6.79. The maximum absolute atomic E-state index is 4.24. The topological polar surface area (TPSA) is 20.5 Å². The van der Waals surface area contributed by atoms with Gasteiger partial charge in [-0.1, -0.05) is 59.2 Å². The number of hydrogen-bond donors (Lipinski definition) is 0. The number of rotatable bonds is 4. The average Bonchev–Trinajstić information content (AvgIpc) is 2.95. The second-order valence-electron chi connectivity index (χ2n) is 7.35. The van der Waals surface area contributed by atoms with Crippen LogP contribution in [0.2, 0.25) is 0 Å². The lowest BCUT2D eigenvalue weighted by molar-refractivity contribution is 0.310. The summed E-state index contributed by atoms with van der Waals surface area (Å²) in [7, 11) is 4.40. The smallest absolute Gasteiger partial charge is 0.0483 e. The van der Waals surface area contributed by atoms with Crippen molar-refractivity contribution in [2.24, 2.45) is 12.0 Å². The molecule has 1 aliphatic rings. The van der Waals surface area contributed by atoms with Crippen LogP contribution in [0, 0.1) is 6.92 Å². The zero-order valence-electron chi connectivity index (χ0n) is 19.5. The third kappa shape index (κ3) is 7.81. The van der Waals surface area contributed by atoms with E-state index >= 15 is 0 Å². The predicted octanol–water partition coefficient (Wildman–Crippen LogP) is 7.31. The molecule has 3 rings (SSSR count). The second-order valence-corrected chi connectivity index (χ2v) is 7.35. The molecule has 1 aliphatic heterocycles. The fraction of sp³-hybridized carbons (Fsp3) is 0.577. The van der Waals surface area contributed by atoms with E-state index in [0.717, 1.165) is 25.1 Å². The fourth-order valence-electron chi connectivity index (χ4n) is 3.51. The van der Waals surface area contributed by atoms with Gasteiger partial charge < -0.3 is 9.47 Å². The van der Waals surface area contributed by atoms with Crippen LogP contribution in [0.1, 0.15) is 78.1 Å². The summed E-state index contributed by atoms with van der Waals surface area (Å²) in [6.45, 7) is 14.8. The lowest BCUT2D eigenvalue weighted by Crippen LogP contribution is -2.26. The van der Waals surface area contributed by atoms with Gasteiger partial charge in [-0.05, 0) is 51.4 Å². The van der Waals surface area contributed by atoms with E-state index < -0.39 is 0 Å². The Balaban J connectivity index is 0.000000531. The Labute approximate surface area is 180 Å². The molecule has 0 aliphatic carbocycles. The average molecular weight is 400 g/mol. The highest BCUT2D eigenvalue weighted by molar-refractivity contribution is 5.86. The number of nitrogens with zero attached hydrogens (tertiary/aromatic N) is 3. The number of aliphatic imine (C=N–C) groups is 1. The first-order chi connectivity index (χ1) is 13.5. The molecule has 3 heteroatoms. The summed E-state index contributed by atoms with van der Waals surface area (Å²) in [5, 5.41) is 1.45. The fourth-order valence-corrected chi connectivity index (χ4v) is 3.51. The van der Waals surface area contributed by atoms with E-state index in [9.17, 15) is 0 Å². The third-order valence-electron chi connectivity index (χ3n) is 4.96. The maximum atomic E-state index is 4.24. The number of fused-ring (bicyclic) bond motifs is 3. The minimum Gasteiger partial charge on any atom is -0.347 e. The number of allylic oxidation sites excluding steroid dienone is 2. The molecule has 0 saturated carbocycles. The molecule has 29 heavy (non-hydrogen) atoms. The lowest BCUT2D eigenvalue weighted by Gasteiger charge is -2.23. The van der Waals surface area contributed by atoms with Gasteiger partial charge in [-0.15, -0.1) is 0 Å². The van der Waals surface area contributed by atoms with Crippen molar-refractivity contribution < 1.29 is 0 Å². The van der Waals surface area contributed by atoms with Crippen LogP contribution in [0.4, 0.5) is 0 Å². The molecule has 0 spiro atoms. The van der Waals surface area contributed by atoms with Crippen molar-refractivity contribution >= 4 is 17.1 Å². The standard InChI is InChI=1S/C14H18N2.C9H17N.C2H6.CH4/c1-10-4-5-13-11(8-10)12-9-15(2)7-6-14(12)16(13)3;1-4-6-8-10-9(3)7-5-2;1-2;/h4-5,8H,6-7,9H2,1-3H3;7-8H,4-6H2,1-3H3;1-2H3;1H4/b;9-7-,10-8?;;. The Kier molecular flexibility index (Phi) is 13.3. The highest BCUT2D eigenvalue weighted by Gasteiger charge is 2.20. The SMILES string of the molecule is C.CC.CC/C=C(/C)N=CCCC.Cc1ccc2c(c1)c1c(n2C)CCN(C)C1. The molecule has 1 aromatic carbocycles. The molecule has 0 saturated heterocycles. The summed E-state index contributed by atoms with van der Waals surface area (Å²) in [4.78, 5) is 6.65. The molecule has 3 nitrogen and oxygen atoms in total. The van der Waals surface area contributed by atoms with Crippen molar-refractivity contribution in [3.63, 3.8) is 0 Å². The molecule has 1 aromatic heterocycles. The van der Waals surface area contributed by atoms with E-state index in [1.165, 1.54) is 47.1 Å². The van der Waals surface area contributed by atoms with Crippen molar-refractivity contribution in [3.05, 3.63) is 46.8 Å². The first-order valence-corrected chi connectivity index (χ1v) is 10.9. The van der Waals surface area contributed by atoms with Gasteiger partial charge >= 0.3 is 0 Å². The zero-order chi connectivity index (χ0) is 21.1. The first-order valence-electron chi connectivity index (χ1n) is 10.9. The van der Waals surface area contributed by atoms with Crippen molar-refractivity contribution in [3.8, 4) is 0 Å². The van der Waals surface area contributed by atoms with Crippen molar-refractivity contribution in [1.82, 2.24) is 9.47 Å². The molecular formula is C26H45N3. The molecule has 0 amide bonds. The highest BCUT2D eigenvalue weighted by Crippen LogP contribution is 2.30. The van der Waals surface area contributed by atoms with E-state index in [2.05, 4.69) is 73.6 Å². The summed E-state index contributed by atoms with van der Waals surface area (Å²) in [5.74, 6) is 0. The van der Waals surface area contributed by atoms with Crippen LogP contribution < -0.4 is 0 Å². The molecular weight excluding hydrogens is 354 g/mol. The second kappa shape index (κ2) is 14.2. The van der Waals surface area contributed by atoms with Crippen molar-refractivity contribution in [2.75, 3.05) is 13.6 Å². The van der Waals surface area contributed by atoms with E-state index in [4.69, 9.17) is 0 Å². The van der Waals surface area contributed by atoms with Gasteiger partial charge in [-0.2, -0.15) is 0 Å². The van der Waals surface area contributed by atoms with Crippen LogP contribution in [-0.2, 0) is 20.0 Å². The van der Waals surface area contributed by atoms with Crippen LogP contribution in [0.25, 0.3) is 10.9 Å². The summed E-state index contributed by atoms with van der Waals surface area (Å²) in [5.41, 5.74) is 6.93. The monoisotopic (exact) mass is 399 g/mol. The Hall–Kier alpha value is -1.87. The third-order valence-corrected chi connectivity index (χ3v) is 4.96. The van der Waals surface area contributed by atoms with Gasteiger partial charge in [0.25, 0.3) is 0 Å². The lowest BCUT2D eigenvalue weighted by atomic mass is 10.0. The van der Waals surface area contributed by atoms with Crippen LogP contribution in [0.15, 0.2) is 35.0 Å². The molecule has 2 heterocycles. The van der Waals surface area contributed by atoms with Crippen LogP contribution in [0.5, 0.6) is 0 Å². The van der Waals surface area contributed by atoms with Gasteiger partial charge in [0.15, 0.2) is 0 Å². The van der Waals surface area contributed by atoms with Gasteiger partial charge in [-0.3, -0.25) is 4.99 Å². The Morgan fingerprint density at radius 2 is 1.86 bits per heavy atom. The van der Waals surface area contributed by atoms with E-state index in [0.29, 0.717) is 0 Å². The molecule has 0 atom stereocenters. The van der Waals surface area contributed by atoms with Crippen LogP contribution in [0.3, 0.4) is 0 Å². The molecule has 0 radical (unpaired) electrons. The molecule has 0 fully saturated rings. The minimum atomic E-state index is 0. The Bertz CT molecular complexity index is 781. The highest BCUT2D eigenvalue weighted by atomic mass is 15.1. The maximum Gasteiger partial charge on any atom is 0.0483 e. The Morgan fingerprint density at radius 1 is 1.17 bits per heavy atom. The van der Waals surface area contributed by atoms with Gasteiger partial charge in [-0.25, -0.2) is 0 Å². The zero-order valence-corrected chi connectivity index (χ0v) is 19.5. The summed E-state index contributed by atoms with van der Waals surface area (Å²) < 4.78 is 2.37. The molecule has 164 valence electrons. The van der Waals surface area contributed by atoms with Crippen molar-refractivity contribution in [1.29, 1.82) is 0 Å². The van der Waals surface area contributed by atoms with Crippen LogP contribution >= 0.6 is 0 Å². The van der Waals surface area contributed by atoms with E-state index in [1.54, 1.807) is 0 Å². The van der Waals surface area contributed by atoms with Gasteiger partial charge in [0.05, 0.1) is 0 Å². The predicted molar refractivity (Wildman–Crippen MR) is 133 cm³/mol. The van der Waals surface area contributed by atoms with Crippen LogP contribution in [-0.4, -0.2) is 29.3 Å². The number of hydrogen-bond acceptors (Lipinski definition) is 2. The number of aryl methyl sites for hydroxylation is 2. The number of aromatic nitrogens is 1. The molecule has 0 N–H and O–H groups in total. The minimum absolute atomic E-state index is 0. The number of unbranched alkanes of at least 4 members (excludes halogenated alkanes) is 1. The van der Waals surface area contributed by atoms with E-state index in [1.807, 2.05) is 27.0 Å². The van der Waals surface area contributed by atoms with Crippen molar-refractivity contribution in [2.45, 2.75) is 81.2 Å². The number of benzene rings is 1. The first kappa shape index (κ1) is 27.1. The van der Waals surface area contributed by atoms with E-state index in [-0.39, 0.29) is 7.43 Å². The summed E-state index contributed by atoms with van der Waals surface area (Å²) >= 11 is 0. The van der Waals surface area contributed by atoms with Gasteiger partial charge in [0.2, 0.25) is 0 Å². The van der Waals surface area contributed by atoms with Gasteiger partial charge in [0, 0.05) is 55.1 Å². The largest absolute Gasteiger partial charge is 0.347 e. The normalized spacial score (nSPS) is 13.9. The quantitative estimate of drug-likeness (QED) is 0.494. The molecule has 0 unspecified atom stereocenters. The summed E-state index contributed by atoms with van der Waals surface area (Å²) in [6.07, 6.45) is 8.65. The molecule has 2 aromatic rings. The number of likely N-dealkylation sites (N-methyl/N-ethyl adjacent to an activating group) is 1. The Morgan fingerprint density at radius 3 is 2.48 bits per heavy atom. The molecule has 0 bridgehead atoms.